The minimum Gasteiger partial charge on any atom is -0.504 e. The lowest BCUT2D eigenvalue weighted by molar-refractivity contribution is 0.332. The Morgan fingerprint density at radius 3 is 2.38 bits per heavy atom. The van der Waals surface area contributed by atoms with Crippen LogP contribution in [0.2, 0.25) is 5.02 Å². The van der Waals surface area contributed by atoms with E-state index in [0.29, 0.717) is 22.1 Å². The Labute approximate surface area is 81.9 Å². The van der Waals surface area contributed by atoms with Gasteiger partial charge in [-0.05, 0) is 6.92 Å². The molecule has 0 spiro atoms. The topological polar surface area (TPSA) is 38.7 Å². The average Bonchev–Trinajstić information content (AvgIpc) is 2.13. The molecule has 0 aliphatic carbocycles. The number of halogens is 1. The molecule has 13 heavy (non-hydrogen) atoms. The maximum absolute atomic E-state index is 9.60. The lowest BCUT2D eigenvalue weighted by Crippen LogP contribution is -1.92. The number of aromatic hydroxyl groups is 1. The van der Waals surface area contributed by atoms with Crippen LogP contribution in [0.5, 0.6) is 17.2 Å². The van der Waals surface area contributed by atoms with Crippen LogP contribution in [0.4, 0.5) is 0 Å². The molecular formula is C9H11ClO3. The molecule has 0 unspecified atom stereocenters. The Hall–Kier alpha value is -1.09. The second kappa shape index (κ2) is 3.75. The summed E-state index contributed by atoms with van der Waals surface area (Å²) in [6.07, 6.45) is 0. The standard InChI is InChI=1S/C9H11ClO3/c1-5-6(10)4-7(12-2)9(13-3)8(5)11/h4,11H,1-3H3. The van der Waals surface area contributed by atoms with E-state index < -0.39 is 0 Å². The predicted octanol–water partition coefficient (Wildman–Crippen LogP) is 2.37. The van der Waals surface area contributed by atoms with Gasteiger partial charge in [-0.15, -0.1) is 0 Å². The summed E-state index contributed by atoms with van der Waals surface area (Å²) in [5, 5.41) is 10.1. The molecule has 0 atom stereocenters. The van der Waals surface area contributed by atoms with Crippen molar-refractivity contribution in [2.24, 2.45) is 0 Å². The SMILES string of the molecule is COc1cc(Cl)c(C)c(O)c1OC. The molecule has 4 heteroatoms. The van der Waals surface area contributed by atoms with Crippen LogP contribution in [-0.4, -0.2) is 19.3 Å². The molecular weight excluding hydrogens is 192 g/mol. The molecule has 0 radical (unpaired) electrons. The molecule has 1 aromatic rings. The highest BCUT2D eigenvalue weighted by Crippen LogP contribution is 2.42. The maximum atomic E-state index is 9.60. The highest BCUT2D eigenvalue weighted by atomic mass is 35.5. The average molecular weight is 203 g/mol. The van der Waals surface area contributed by atoms with Gasteiger partial charge >= 0.3 is 0 Å². The molecule has 1 N–H and O–H groups in total. The molecule has 0 saturated carbocycles. The zero-order valence-corrected chi connectivity index (χ0v) is 8.47. The quantitative estimate of drug-likeness (QED) is 0.800. The molecule has 1 rings (SSSR count). The Bertz CT molecular complexity index is 323. The third-order valence-corrected chi connectivity index (χ3v) is 2.23. The smallest absolute Gasteiger partial charge is 0.203 e. The number of phenols is 1. The first-order chi connectivity index (χ1) is 6.11. The fourth-order valence-corrected chi connectivity index (χ4v) is 1.23. The highest BCUT2D eigenvalue weighted by Gasteiger charge is 2.14. The number of ether oxygens (including phenoxy) is 2. The second-order valence-electron chi connectivity index (χ2n) is 2.57. The van der Waals surface area contributed by atoms with Crippen molar-refractivity contribution in [3.8, 4) is 17.2 Å². The van der Waals surface area contributed by atoms with E-state index in [4.69, 9.17) is 21.1 Å². The summed E-state index contributed by atoms with van der Waals surface area (Å²) in [6, 6.07) is 1.61. The first-order valence-corrected chi connectivity index (χ1v) is 4.09. The second-order valence-corrected chi connectivity index (χ2v) is 2.97. The molecule has 0 fully saturated rings. The molecule has 0 aromatic heterocycles. The maximum Gasteiger partial charge on any atom is 0.203 e. The summed E-state index contributed by atoms with van der Waals surface area (Å²) in [6.45, 7) is 1.71. The number of methoxy groups -OCH3 is 2. The molecule has 0 aliphatic heterocycles. The molecule has 0 aliphatic rings. The number of benzene rings is 1. The van der Waals surface area contributed by atoms with Gasteiger partial charge < -0.3 is 14.6 Å². The molecule has 72 valence electrons. The van der Waals surface area contributed by atoms with Crippen molar-refractivity contribution >= 4 is 11.6 Å². The fraction of sp³-hybridized carbons (Fsp3) is 0.333. The number of hydrogen-bond donors (Lipinski definition) is 1. The van der Waals surface area contributed by atoms with E-state index in [2.05, 4.69) is 0 Å². The van der Waals surface area contributed by atoms with E-state index >= 15 is 0 Å². The van der Waals surface area contributed by atoms with Gasteiger partial charge in [0.25, 0.3) is 0 Å². The van der Waals surface area contributed by atoms with Gasteiger partial charge in [0.05, 0.1) is 19.2 Å². The van der Waals surface area contributed by atoms with Crippen LogP contribution in [0, 0.1) is 6.92 Å². The minimum atomic E-state index is 0.0202. The van der Waals surface area contributed by atoms with Crippen LogP contribution < -0.4 is 9.47 Å². The Balaban J connectivity index is 3.39. The van der Waals surface area contributed by atoms with Gasteiger partial charge in [-0.2, -0.15) is 0 Å². The number of rotatable bonds is 2. The summed E-state index contributed by atoms with van der Waals surface area (Å²) >= 11 is 5.83. The molecule has 0 bridgehead atoms. The Kier molecular flexibility index (Phi) is 2.88. The molecule has 0 amide bonds. The summed E-state index contributed by atoms with van der Waals surface area (Å²) in [5.74, 6) is 0.756. The van der Waals surface area contributed by atoms with E-state index in [9.17, 15) is 5.11 Å². The fourth-order valence-electron chi connectivity index (χ4n) is 1.04. The molecule has 0 saturated heterocycles. The van der Waals surface area contributed by atoms with E-state index in [1.54, 1.807) is 13.0 Å². The van der Waals surface area contributed by atoms with Crippen LogP contribution in [0.3, 0.4) is 0 Å². The van der Waals surface area contributed by atoms with Gasteiger partial charge in [0.1, 0.15) is 0 Å². The molecule has 1 aromatic carbocycles. The summed E-state index contributed by atoms with van der Waals surface area (Å²) in [4.78, 5) is 0. The van der Waals surface area contributed by atoms with Gasteiger partial charge in [-0.25, -0.2) is 0 Å². The Morgan fingerprint density at radius 1 is 1.31 bits per heavy atom. The van der Waals surface area contributed by atoms with E-state index in [1.807, 2.05) is 0 Å². The van der Waals surface area contributed by atoms with Crippen molar-refractivity contribution in [1.82, 2.24) is 0 Å². The van der Waals surface area contributed by atoms with Gasteiger partial charge in [-0.1, -0.05) is 11.6 Å². The van der Waals surface area contributed by atoms with E-state index in [-0.39, 0.29) is 5.75 Å². The first kappa shape index (κ1) is 9.99. The summed E-state index contributed by atoms with van der Waals surface area (Å²) in [5.41, 5.74) is 0.583. The summed E-state index contributed by atoms with van der Waals surface area (Å²) < 4.78 is 9.95. The van der Waals surface area contributed by atoms with Gasteiger partial charge in [0, 0.05) is 11.6 Å². The minimum absolute atomic E-state index is 0.0202. The normalized spacial score (nSPS) is 9.85. The van der Waals surface area contributed by atoms with Crippen molar-refractivity contribution in [2.45, 2.75) is 6.92 Å². The van der Waals surface area contributed by atoms with Crippen molar-refractivity contribution in [3.05, 3.63) is 16.7 Å². The number of phenolic OH excluding ortho intramolecular Hbond substituents is 1. The van der Waals surface area contributed by atoms with Crippen molar-refractivity contribution < 1.29 is 14.6 Å². The molecule has 3 nitrogen and oxygen atoms in total. The lowest BCUT2D eigenvalue weighted by atomic mass is 10.2. The van der Waals surface area contributed by atoms with Crippen molar-refractivity contribution in [1.29, 1.82) is 0 Å². The lowest BCUT2D eigenvalue weighted by Gasteiger charge is -2.11. The van der Waals surface area contributed by atoms with Gasteiger partial charge in [0.2, 0.25) is 5.75 Å². The monoisotopic (exact) mass is 202 g/mol. The largest absolute Gasteiger partial charge is 0.504 e. The van der Waals surface area contributed by atoms with Crippen LogP contribution in [0.15, 0.2) is 6.07 Å². The summed E-state index contributed by atoms with van der Waals surface area (Å²) in [7, 11) is 2.95. The zero-order chi connectivity index (χ0) is 10.0. The van der Waals surface area contributed by atoms with Gasteiger partial charge in [-0.3, -0.25) is 0 Å². The highest BCUT2D eigenvalue weighted by molar-refractivity contribution is 6.31. The number of hydrogen-bond acceptors (Lipinski definition) is 3. The third kappa shape index (κ3) is 1.65. The van der Waals surface area contributed by atoms with Crippen LogP contribution in [0.25, 0.3) is 0 Å². The van der Waals surface area contributed by atoms with Crippen LogP contribution in [0.1, 0.15) is 5.56 Å². The van der Waals surface area contributed by atoms with E-state index in [1.165, 1.54) is 14.2 Å². The third-order valence-electron chi connectivity index (χ3n) is 1.83. The van der Waals surface area contributed by atoms with Crippen LogP contribution >= 0.6 is 11.6 Å². The zero-order valence-electron chi connectivity index (χ0n) is 7.72. The van der Waals surface area contributed by atoms with Gasteiger partial charge in [0.15, 0.2) is 11.5 Å². The van der Waals surface area contributed by atoms with Crippen LogP contribution in [-0.2, 0) is 0 Å². The van der Waals surface area contributed by atoms with E-state index in [0.717, 1.165) is 0 Å². The molecule has 0 heterocycles. The predicted molar refractivity (Wildman–Crippen MR) is 51.0 cm³/mol. The van der Waals surface area contributed by atoms with Crippen molar-refractivity contribution in [2.75, 3.05) is 14.2 Å². The first-order valence-electron chi connectivity index (χ1n) is 3.71. The Morgan fingerprint density at radius 2 is 1.92 bits per heavy atom. The van der Waals surface area contributed by atoms with Crippen molar-refractivity contribution in [3.63, 3.8) is 0 Å².